The second-order valence-corrected chi connectivity index (χ2v) is 12.2. The number of alkyl halides is 3. The van der Waals surface area contributed by atoms with Gasteiger partial charge in [-0.1, -0.05) is 32.0 Å². The van der Waals surface area contributed by atoms with Crippen molar-refractivity contribution in [1.82, 2.24) is 25.0 Å². The SMILES string of the molecule is CC(C)c1cc2c(c3cn[nH]c13)CN(CC(F)(F)F)C(=O)[C@H](CC(=O)N1CCC(c3cc4cccc(F)c4[nH]c3=O)CC1)C2. The van der Waals surface area contributed by atoms with E-state index in [0.717, 1.165) is 21.5 Å². The van der Waals surface area contributed by atoms with Gasteiger partial charge in [-0.2, -0.15) is 18.3 Å². The van der Waals surface area contributed by atoms with Crippen LogP contribution in [0.3, 0.4) is 0 Å². The number of pyridine rings is 1. The van der Waals surface area contributed by atoms with Crippen molar-refractivity contribution < 1.29 is 27.2 Å². The van der Waals surface area contributed by atoms with Crippen LogP contribution in [0.1, 0.15) is 67.2 Å². The van der Waals surface area contributed by atoms with Crippen molar-refractivity contribution in [3.05, 3.63) is 75.0 Å². The number of hydrogen-bond acceptors (Lipinski definition) is 4. The molecule has 2 aliphatic heterocycles. The minimum Gasteiger partial charge on any atom is -0.343 e. The number of carbonyl (C=O) groups is 2. The summed E-state index contributed by atoms with van der Waals surface area (Å²) in [6, 6.07) is 8.20. The van der Waals surface area contributed by atoms with E-state index < -0.39 is 30.4 Å². The fourth-order valence-electron chi connectivity index (χ4n) is 6.76. The number of likely N-dealkylation sites (tertiary alicyclic amines) is 1. The molecule has 12 heteroatoms. The highest BCUT2D eigenvalue weighted by molar-refractivity contribution is 5.90. The van der Waals surface area contributed by atoms with Crippen LogP contribution in [0.25, 0.3) is 21.8 Å². The Morgan fingerprint density at radius 3 is 2.57 bits per heavy atom. The molecule has 8 nitrogen and oxygen atoms in total. The lowest BCUT2D eigenvalue weighted by Gasteiger charge is -2.33. The summed E-state index contributed by atoms with van der Waals surface area (Å²) in [5.41, 5.74) is 3.37. The van der Waals surface area contributed by atoms with Gasteiger partial charge in [0.2, 0.25) is 11.8 Å². The Balaban J connectivity index is 1.22. The lowest BCUT2D eigenvalue weighted by atomic mass is 9.87. The number of benzene rings is 2. The topological polar surface area (TPSA) is 102 Å². The summed E-state index contributed by atoms with van der Waals surface area (Å²) in [6.07, 6.45) is -2.09. The number of rotatable bonds is 5. The first kappa shape index (κ1) is 29.8. The van der Waals surface area contributed by atoms with Crippen LogP contribution in [0.5, 0.6) is 0 Å². The highest BCUT2D eigenvalue weighted by atomic mass is 19.4. The van der Waals surface area contributed by atoms with E-state index in [-0.39, 0.29) is 48.2 Å². The van der Waals surface area contributed by atoms with Crippen LogP contribution in [0.15, 0.2) is 41.3 Å². The molecule has 2 aromatic carbocycles. The van der Waals surface area contributed by atoms with Gasteiger partial charge in [-0.3, -0.25) is 19.5 Å². The lowest BCUT2D eigenvalue weighted by molar-refractivity contribution is -0.165. The van der Waals surface area contributed by atoms with Crippen molar-refractivity contribution in [2.45, 2.75) is 64.1 Å². The first-order valence-electron chi connectivity index (χ1n) is 14.8. The molecule has 0 bridgehead atoms. The predicted molar refractivity (Wildman–Crippen MR) is 157 cm³/mol. The summed E-state index contributed by atoms with van der Waals surface area (Å²) in [7, 11) is 0. The monoisotopic (exact) mass is 611 g/mol. The zero-order valence-electron chi connectivity index (χ0n) is 24.4. The maximum absolute atomic E-state index is 14.1. The van der Waals surface area contributed by atoms with Gasteiger partial charge in [0, 0.05) is 42.4 Å². The van der Waals surface area contributed by atoms with E-state index in [1.807, 2.05) is 19.9 Å². The van der Waals surface area contributed by atoms with Crippen LogP contribution in [-0.4, -0.2) is 62.6 Å². The maximum Gasteiger partial charge on any atom is 0.406 e. The molecule has 0 spiro atoms. The summed E-state index contributed by atoms with van der Waals surface area (Å²) < 4.78 is 54.9. The third-order valence-corrected chi connectivity index (χ3v) is 9.00. The van der Waals surface area contributed by atoms with Crippen molar-refractivity contribution in [2.75, 3.05) is 19.6 Å². The average Bonchev–Trinajstić information content (AvgIpc) is 3.42. The number of carbonyl (C=O) groups excluding carboxylic acids is 2. The number of amides is 2. The predicted octanol–water partition coefficient (Wildman–Crippen LogP) is 5.53. The average molecular weight is 612 g/mol. The normalized spacial score (nSPS) is 18.3. The Morgan fingerprint density at radius 1 is 1.11 bits per heavy atom. The van der Waals surface area contributed by atoms with E-state index in [2.05, 4.69) is 15.2 Å². The van der Waals surface area contributed by atoms with Crippen molar-refractivity contribution in [1.29, 1.82) is 0 Å². The zero-order valence-corrected chi connectivity index (χ0v) is 24.4. The highest BCUT2D eigenvalue weighted by Gasteiger charge is 2.40. The minimum atomic E-state index is -4.60. The van der Waals surface area contributed by atoms with Crippen molar-refractivity contribution in [3.8, 4) is 0 Å². The highest BCUT2D eigenvalue weighted by Crippen LogP contribution is 2.36. The number of piperidine rings is 1. The standard InChI is InChI=1S/C32H33F4N5O3/c1-17(2)22-12-20-10-21(31(44)41(16-32(34,35)36)15-25(20)24-14-37-39-29(22)24)13-27(42)40-8-6-18(7-9-40)23-11-19-4-3-5-26(33)28(19)38-30(23)43/h3-5,11-12,14,17-18,21H,6-10,13,15-16H2,1-2H3,(H,37,39)(H,38,43)/t21-/m0/s1. The number of aromatic nitrogens is 3. The Bertz CT molecular complexity index is 1800. The van der Waals surface area contributed by atoms with Gasteiger partial charge < -0.3 is 14.8 Å². The van der Waals surface area contributed by atoms with Crippen LogP contribution < -0.4 is 5.56 Å². The van der Waals surface area contributed by atoms with E-state index in [4.69, 9.17) is 0 Å². The summed E-state index contributed by atoms with van der Waals surface area (Å²) in [5.74, 6) is -2.50. The van der Waals surface area contributed by atoms with Gasteiger partial charge in [0.15, 0.2) is 0 Å². The largest absolute Gasteiger partial charge is 0.406 e. The van der Waals surface area contributed by atoms with Gasteiger partial charge in [-0.15, -0.1) is 0 Å². The number of halogens is 4. The van der Waals surface area contributed by atoms with Crippen LogP contribution in [0, 0.1) is 11.7 Å². The third kappa shape index (κ3) is 5.69. The molecule has 4 aromatic rings. The van der Waals surface area contributed by atoms with Crippen molar-refractivity contribution in [2.24, 2.45) is 5.92 Å². The summed E-state index contributed by atoms with van der Waals surface area (Å²) in [5, 5.41) is 8.36. The fraction of sp³-hybridized carbons (Fsp3) is 0.438. The van der Waals surface area contributed by atoms with Gasteiger partial charge >= 0.3 is 6.18 Å². The fourth-order valence-corrected chi connectivity index (χ4v) is 6.76. The molecular weight excluding hydrogens is 578 g/mol. The van der Waals surface area contributed by atoms with E-state index in [1.54, 1.807) is 29.3 Å². The molecule has 0 aliphatic carbocycles. The first-order valence-corrected chi connectivity index (χ1v) is 14.8. The Labute approximate surface area is 250 Å². The maximum atomic E-state index is 14.1. The number of aromatic amines is 2. The summed E-state index contributed by atoms with van der Waals surface area (Å²) in [6.45, 7) is 3.06. The molecule has 6 rings (SSSR count). The molecule has 0 radical (unpaired) electrons. The van der Waals surface area contributed by atoms with Crippen LogP contribution in [0.2, 0.25) is 0 Å². The third-order valence-electron chi connectivity index (χ3n) is 9.00. The molecule has 1 fully saturated rings. The summed E-state index contributed by atoms with van der Waals surface area (Å²) >= 11 is 0. The van der Waals surface area contributed by atoms with Gasteiger partial charge in [0.05, 0.1) is 23.1 Å². The second kappa shape index (κ2) is 11.4. The number of fused-ring (bicyclic) bond motifs is 4. The van der Waals surface area contributed by atoms with E-state index in [9.17, 15) is 31.9 Å². The number of para-hydroxylation sites is 1. The van der Waals surface area contributed by atoms with E-state index in [0.29, 0.717) is 47.8 Å². The molecule has 2 aliphatic rings. The van der Waals surface area contributed by atoms with Gasteiger partial charge in [-0.25, -0.2) is 4.39 Å². The number of nitrogens with one attached hydrogen (secondary N) is 2. The smallest absolute Gasteiger partial charge is 0.343 e. The molecule has 1 atom stereocenters. The molecule has 0 unspecified atom stereocenters. The molecule has 232 valence electrons. The number of hydrogen-bond donors (Lipinski definition) is 2. The molecule has 44 heavy (non-hydrogen) atoms. The minimum absolute atomic E-state index is 0.101. The zero-order chi connectivity index (χ0) is 31.3. The second-order valence-electron chi connectivity index (χ2n) is 12.2. The lowest BCUT2D eigenvalue weighted by Crippen LogP contribution is -2.44. The van der Waals surface area contributed by atoms with Crippen LogP contribution >= 0.6 is 0 Å². The molecular formula is C32H33F4N5O3. The van der Waals surface area contributed by atoms with Crippen molar-refractivity contribution in [3.63, 3.8) is 0 Å². The molecule has 4 heterocycles. The quantitative estimate of drug-likeness (QED) is 0.290. The van der Waals surface area contributed by atoms with Crippen molar-refractivity contribution >= 4 is 33.6 Å². The van der Waals surface area contributed by atoms with E-state index in [1.165, 1.54) is 6.07 Å². The molecule has 2 aromatic heterocycles. The number of H-pyrrole nitrogens is 2. The van der Waals surface area contributed by atoms with Crippen LogP contribution in [0.4, 0.5) is 17.6 Å². The number of nitrogens with zero attached hydrogens (tertiary/aromatic N) is 3. The van der Waals surface area contributed by atoms with Gasteiger partial charge in [-0.05, 0) is 59.9 Å². The van der Waals surface area contributed by atoms with Gasteiger partial charge in [0.1, 0.15) is 12.4 Å². The first-order chi connectivity index (χ1) is 20.9. The molecule has 1 saturated heterocycles. The van der Waals surface area contributed by atoms with Crippen LogP contribution in [-0.2, 0) is 22.6 Å². The molecule has 0 saturated carbocycles. The Hall–Kier alpha value is -4.22. The summed E-state index contributed by atoms with van der Waals surface area (Å²) in [4.78, 5) is 44.9. The molecule has 2 N–H and O–H groups in total. The Morgan fingerprint density at radius 2 is 1.86 bits per heavy atom. The van der Waals surface area contributed by atoms with E-state index >= 15 is 0 Å². The van der Waals surface area contributed by atoms with Gasteiger partial charge in [0.25, 0.3) is 5.56 Å². The molecule has 2 amide bonds. The Kier molecular flexibility index (Phi) is 7.71.